The summed E-state index contributed by atoms with van der Waals surface area (Å²) in [7, 11) is 0. The first kappa shape index (κ1) is 14.1. The predicted octanol–water partition coefficient (Wildman–Crippen LogP) is 3.78. The van der Waals surface area contributed by atoms with Crippen molar-refractivity contribution < 1.29 is 18.7 Å². The van der Waals surface area contributed by atoms with E-state index in [1.165, 1.54) is 6.07 Å². The highest BCUT2D eigenvalue weighted by Gasteiger charge is 2.16. The molecule has 0 saturated carbocycles. The molecule has 0 radical (unpaired) electrons. The van der Waals surface area contributed by atoms with Gasteiger partial charge in [-0.3, -0.25) is 4.79 Å². The summed E-state index contributed by atoms with van der Waals surface area (Å²) < 4.78 is 24.7. The molecule has 1 heterocycles. The maximum Gasteiger partial charge on any atom is 0.167 e. The third-order valence-electron chi connectivity index (χ3n) is 3.25. The van der Waals surface area contributed by atoms with Gasteiger partial charge in [0.2, 0.25) is 0 Å². The van der Waals surface area contributed by atoms with Crippen LogP contribution < -0.4 is 9.47 Å². The summed E-state index contributed by atoms with van der Waals surface area (Å²) in [6, 6.07) is 9.76. The van der Waals surface area contributed by atoms with Crippen molar-refractivity contribution >= 4 is 21.7 Å². The lowest BCUT2D eigenvalue weighted by molar-refractivity contribution is 0.0991. The van der Waals surface area contributed by atoms with E-state index in [-0.39, 0.29) is 18.0 Å². The van der Waals surface area contributed by atoms with Gasteiger partial charge in [0.05, 0.1) is 4.47 Å². The van der Waals surface area contributed by atoms with Crippen LogP contribution in [0.4, 0.5) is 4.39 Å². The molecule has 0 amide bonds. The molecule has 1 aliphatic heterocycles. The van der Waals surface area contributed by atoms with Crippen LogP contribution in [0.3, 0.4) is 0 Å². The summed E-state index contributed by atoms with van der Waals surface area (Å²) in [4.78, 5) is 12.3. The summed E-state index contributed by atoms with van der Waals surface area (Å²) in [6.07, 6.45) is 0.123. The number of carbonyl (C=O) groups is 1. The van der Waals surface area contributed by atoms with Gasteiger partial charge >= 0.3 is 0 Å². The van der Waals surface area contributed by atoms with Crippen LogP contribution >= 0.6 is 15.9 Å². The molecule has 0 fully saturated rings. The highest BCUT2D eigenvalue weighted by atomic mass is 79.9. The van der Waals surface area contributed by atoms with Crippen molar-refractivity contribution in [1.82, 2.24) is 0 Å². The Morgan fingerprint density at radius 1 is 1.14 bits per heavy atom. The maximum atomic E-state index is 13.5. The predicted molar refractivity (Wildman–Crippen MR) is 79.6 cm³/mol. The van der Waals surface area contributed by atoms with E-state index in [1.54, 1.807) is 30.3 Å². The van der Waals surface area contributed by atoms with E-state index in [0.29, 0.717) is 40.3 Å². The highest BCUT2D eigenvalue weighted by Crippen LogP contribution is 2.31. The van der Waals surface area contributed by atoms with E-state index in [9.17, 15) is 9.18 Å². The molecule has 0 aromatic heterocycles. The van der Waals surface area contributed by atoms with Crippen molar-refractivity contribution in [1.29, 1.82) is 0 Å². The third kappa shape index (κ3) is 2.93. The Kier molecular flexibility index (Phi) is 3.92. The Hall–Kier alpha value is -1.88. The van der Waals surface area contributed by atoms with Crippen LogP contribution in [0.1, 0.15) is 15.9 Å². The molecule has 3 nitrogen and oxygen atoms in total. The number of fused-ring (bicyclic) bond motifs is 1. The number of Topliss-reactive ketones (excluding diaryl/α,β-unsaturated/α-hetero) is 1. The fourth-order valence-corrected chi connectivity index (χ4v) is 2.58. The summed E-state index contributed by atoms with van der Waals surface area (Å²) in [5.74, 6) is 0.746. The number of hydrogen-bond donors (Lipinski definition) is 0. The second-order valence-corrected chi connectivity index (χ2v) is 5.46. The lowest BCUT2D eigenvalue weighted by Gasteiger charge is -2.18. The molecule has 0 unspecified atom stereocenters. The Bertz CT molecular complexity index is 700. The van der Waals surface area contributed by atoms with Gasteiger partial charge in [-0.2, -0.15) is 0 Å². The van der Waals surface area contributed by atoms with Crippen molar-refractivity contribution in [2.75, 3.05) is 13.2 Å². The molecule has 0 saturated heterocycles. The van der Waals surface area contributed by atoms with Gasteiger partial charge in [-0.15, -0.1) is 0 Å². The van der Waals surface area contributed by atoms with Gasteiger partial charge in [-0.25, -0.2) is 4.39 Å². The number of hydrogen-bond acceptors (Lipinski definition) is 3. The van der Waals surface area contributed by atoms with E-state index in [2.05, 4.69) is 15.9 Å². The molecule has 1 aliphatic rings. The molecule has 0 N–H and O–H groups in total. The van der Waals surface area contributed by atoms with E-state index < -0.39 is 0 Å². The molecule has 5 heteroatoms. The SMILES string of the molecule is O=C(Cc1cccc(F)c1Br)c1ccc2c(c1)OCCO2. The fourth-order valence-electron chi connectivity index (χ4n) is 2.18. The number of halogens is 2. The van der Waals surface area contributed by atoms with Crippen molar-refractivity contribution in [3.8, 4) is 11.5 Å². The van der Waals surface area contributed by atoms with Crippen LogP contribution in [-0.4, -0.2) is 19.0 Å². The summed E-state index contributed by atoms with van der Waals surface area (Å²) in [5.41, 5.74) is 1.14. The molecular formula is C16H12BrFO3. The van der Waals surface area contributed by atoms with E-state index >= 15 is 0 Å². The average molecular weight is 351 g/mol. The molecular weight excluding hydrogens is 339 g/mol. The normalized spacial score (nSPS) is 13.0. The summed E-state index contributed by atoms with van der Waals surface area (Å²) in [6.45, 7) is 0.983. The molecule has 0 atom stereocenters. The van der Waals surface area contributed by atoms with Crippen LogP contribution in [0.5, 0.6) is 11.5 Å². The van der Waals surface area contributed by atoms with Gasteiger partial charge in [0.1, 0.15) is 19.0 Å². The van der Waals surface area contributed by atoms with E-state index in [0.717, 1.165) is 0 Å². The minimum absolute atomic E-state index is 0.0988. The summed E-state index contributed by atoms with van der Waals surface area (Å²) in [5, 5.41) is 0. The smallest absolute Gasteiger partial charge is 0.167 e. The van der Waals surface area contributed by atoms with Crippen LogP contribution in [0, 0.1) is 5.82 Å². The monoisotopic (exact) mass is 350 g/mol. The topological polar surface area (TPSA) is 35.5 Å². The molecule has 0 spiro atoms. The molecule has 21 heavy (non-hydrogen) atoms. The van der Waals surface area contributed by atoms with Crippen molar-refractivity contribution in [3.63, 3.8) is 0 Å². The average Bonchev–Trinajstić information content (AvgIpc) is 2.51. The van der Waals surface area contributed by atoms with Crippen molar-refractivity contribution in [2.24, 2.45) is 0 Å². The highest BCUT2D eigenvalue weighted by molar-refractivity contribution is 9.10. The lowest BCUT2D eigenvalue weighted by Crippen LogP contribution is -2.16. The first-order valence-electron chi connectivity index (χ1n) is 6.51. The first-order chi connectivity index (χ1) is 10.1. The number of ketones is 1. The zero-order valence-electron chi connectivity index (χ0n) is 11.1. The number of benzene rings is 2. The van der Waals surface area contributed by atoms with Gasteiger partial charge in [0.15, 0.2) is 17.3 Å². The summed E-state index contributed by atoms with van der Waals surface area (Å²) >= 11 is 3.17. The molecule has 0 bridgehead atoms. The van der Waals surface area contributed by atoms with Gasteiger partial charge in [-0.1, -0.05) is 12.1 Å². The standard InChI is InChI=1S/C16H12BrFO3/c17-16-11(2-1-3-12(16)18)8-13(19)10-4-5-14-15(9-10)21-7-6-20-14/h1-5,9H,6-8H2. The maximum absolute atomic E-state index is 13.5. The Morgan fingerprint density at radius 2 is 1.90 bits per heavy atom. The van der Waals surface area contributed by atoms with Gasteiger partial charge < -0.3 is 9.47 Å². The number of rotatable bonds is 3. The van der Waals surface area contributed by atoms with E-state index in [1.807, 2.05) is 0 Å². The van der Waals surface area contributed by atoms with Crippen LogP contribution in [0.2, 0.25) is 0 Å². The van der Waals surface area contributed by atoms with Crippen LogP contribution in [0.15, 0.2) is 40.9 Å². The largest absolute Gasteiger partial charge is 0.486 e. The number of carbonyl (C=O) groups excluding carboxylic acids is 1. The zero-order chi connectivity index (χ0) is 14.8. The molecule has 2 aromatic carbocycles. The Balaban J connectivity index is 1.84. The van der Waals surface area contributed by atoms with E-state index in [4.69, 9.17) is 9.47 Å². The lowest BCUT2D eigenvalue weighted by atomic mass is 10.0. The molecule has 2 aromatic rings. The quantitative estimate of drug-likeness (QED) is 0.790. The van der Waals surface area contributed by atoms with Crippen molar-refractivity contribution in [2.45, 2.75) is 6.42 Å². The molecule has 3 rings (SSSR count). The number of ether oxygens (including phenoxy) is 2. The van der Waals surface area contributed by atoms with Gasteiger partial charge in [0.25, 0.3) is 0 Å². The van der Waals surface area contributed by atoms with Gasteiger partial charge in [-0.05, 0) is 45.8 Å². The molecule has 108 valence electrons. The second kappa shape index (κ2) is 5.85. The minimum Gasteiger partial charge on any atom is -0.486 e. The minimum atomic E-state index is -0.373. The van der Waals surface area contributed by atoms with Crippen molar-refractivity contribution in [3.05, 3.63) is 57.8 Å². The van der Waals surface area contributed by atoms with Crippen LogP contribution in [0.25, 0.3) is 0 Å². The first-order valence-corrected chi connectivity index (χ1v) is 7.30. The Labute approximate surface area is 129 Å². The molecule has 0 aliphatic carbocycles. The van der Waals surface area contributed by atoms with Crippen LogP contribution in [-0.2, 0) is 6.42 Å². The third-order valence-corrected chi connectivity index (χ3v) is 4.13. The Morgan fingerprint density at radius 3 is 2.71 bits per heavy atom. The zero-order valence-corrected chi connectivity index (χ0v) is 12.7. The van der Waals surface area contributed by atoms with Gasteiger partial charge in [0, 0.05) is 12.0 Å². The second-order valence-electron chi connectivity index (χ2n) is 4.67. The fraction of sp³-hybridized carbons (Fsp3) is 0.188.